The Morgan fingerprint density at radius 3 is 2.38 bits per heavy atom. The Morgan fingerprint density at radius 2 is 2.00 bits per heavy atom. The summed E-state index contributed by atoms with van der Waals surface area (Å²) in [6.07, 6.45) is 2.52. The van der Waals surface area contributed by atoms with E-state index in [4.69, 9.17) is 16.0 Å². The van der Waals surface area contributed by atoms with E-state index < -0.39 is 8.32 Å². The maximum absolute atomic E-state index is 6.63. The van der Waals surface area contributed by atoms with E-state index in [1.807, 2.05) is 0 Å². The molecule has 0 aromatic carbocycles. The zero-order valence-electron chi connectivity index (χ0n) is 9.19. The fraction of sp³-hybridized carbons (Fsp3) is 1.00. The number of rotatable bonds is 2. The fourth-order valence-electron chi connectivity index (χ4n) is 1.93. The van der Waals surface area contributed by atoms with Crippen LogP contribution in [0.5, 0.6) is 0 Å². The van der Waals surface area contributed by atoms with Gasteiger partial charge in [0.2, 0.25) is 8.32 Å². The molecule has 0 bridgehead atoms. The van der Waals surface area contributed by atoms with Crippen LogP contribution in [-0.4, -0.2) is 19.4 Å². The number of hydrogen-bond donors (Lipinski definition) is 0. The maximum Gasteiger partial charge on any atom is 0.210 e. The SMILES string of the molecule is CC(C)C(C)(Cl)[Si]1(C)CCCCO1. The van der Waals surface area contributed by atoms with Crippen LogP contribution in [0.4, 0.5) is 0 Å². The van der Waals surface area contributed by atoms with Crippen molar-refractivity contribution in [1.29, 1.82) is 0 Å². The predicted octanol–water partition coefficient (Wildman–Crippen LogP) is 3.56. The largest absolute Gasteiger partial charge is 0.415 e. The first-order valence-corrected chi connectivity index (χ1v) is 8.22. The van der Waals surface area contributed by atoms with Gasteiger partial charge in [-0.15, -0.1) is 11.6 Å². The summed E-state index contributed by atoms with van der Waals surface area (Å²) in [5, 5.41) is 0. The molecule has 1 heterocycles. The summed E-state index contributed by atoms with van der Waals surface area (Å²) in [4.78, 5) is 0. The Balaban J connectivity index is 2.76. The first kappa shape index (κ1) is 11.5. The van der Waals surface area contributed by atoms with Crippen molar-refractivity contribution in [1.82, 2.24) is 0 Å². The van der Waals surface area contributed by atoms with Gasteiger partial charge < -0.3 is 4.43 Å². The normalized spacial score (nSPS) is 34.6. The van der Waals surface area contributed by atoms with E-state index in [0.29, 0.717) is 5.92 Å². The molecule has 0 radical (unpaired) electrons. The van der Waals surface area contributed by atoms with Crippen molar-refractivity contribution in [2.24, 2.45) is 5.92 Å². The van der Waals surface area contributed by atoms with Gasteiger partial charge in [-0.05, 0) is 31.9 Å². The van der Waals surface area contributed by atoms with Crippen LogP contribution in [0, 0.1) is 5.92 Å². The molecule has 0 N–H and O–H groups in total. The van der Waals surface area contributed by atoms with Gasteiger partial charge in [-0.1, -0.05) is 20.3 Å². The molecule has 2 atom stereocenters. The summed E-state index contributed by atoms with van der Waals surface area (Å²) in [6, 6.07) is 1.23. The highest BCUT2D eigenvalue weighted by molar-refractivity contribution is 6.83. The Labute approximate surface area is 87.9 Å². The number of hydrogen-bond acceptors (Lipinski definition) is 1. The van der Waals surface area contributed by atoms with Gasteiger partial charge in [-0.2, -0.15) is 0 Å². The monoisotopic (exact) mass is 220 g/mol. The lowest BCUT2D eigenvalue weighted by molar-refractivity contribution is 0.251. The summed E-state index contributed by atoms with van der Waals surface area (Å²) in [5.41, 5.74) is 0. The average Bonchev–Trinajstić information content (AvgIpc) is 2.05. The molecule has 0 amide bonds. The van der Waals surface area contributed by atoms with Crippen LogP contribution in [0.25, 0.3) is 0 Å². The second-order valence-corrected chi connectivity index (χ2v) is 10.2. The van der Waals surface area contributed by atoms with Crippen LogP contribution >= 0.6 is 11.6 Å². The van der Waals surface area contributed by atoms with Crippen molar-refractivity contribution in [2.75, 3.05) is 6.61 Å². The summed E-state index contributed by atoms with van der Waals surface area (Å²) >= 11 is 6.63. The van der Waals surface area contributed by atoms with Gasteiger partial charge in [0.25, 0.3) is 0 Å². The standard InChI is InChI=1S/C10H21ClOSi/c1-9(2)10(3,11)13(4)8-6-5-7-12-13/h9H,5-8H2,1-4H3. The third kappa shape index (κ3) is 2.11. The van der Waals surface area contributed by atoms with E-state index in [9.17, 15) is 0 Å². The molecule has 1 aliphatic heterocycles. The molecule has 3 heteroatoms. The van der Waals surface area contributed by atoms with Crippen LogP contribution in [0.1, 0.15) is 33.6 Å². The topological polar surface area (TPSA) is 9.23 Å². The van der Waals surface area contributed by atoms with Gasteiger partial charge in [0.15, 0.2) is 0 Å². The van der Waals surface area contributed by atoms with E-state index in [-0.39, 0.29) is 4.50 Å². The molecule has 0 aliphatic carbocycles. The van der Waals surface area contributed by atoms with E-state index in [2.05, 4.69) is 27.3 Å². The predicted molar refractivity (Wildman–Crippen MR) is 60.7 cm³/mol. The van der Waals surface area contributed by atoms with Gasteiger partial charge in [0.1, 0.15) is 0 Å². The van der Waals surface area contributed by atoms with Crippen molar-refractivity contribution < 1.29 is 4.43 Å². The molecule has 0 aromatic heterocycles. The van der Waals surface area contributed by atoms with Gasteiger partial charge in [0.05, 0.1) is 4.50 Å². The Bertz CT molecular complexity index is 174. The zero-order valence-corrected chi connectivity index (χ0v) is 10.9. The van der Waals surface area contributed by atoms with E-state index in [1.54, 1.807) is 0 Å². The van der Waals surface area contributed by atoms with Crippen LogP contribution in [0.15, 0.2) is 0 Å². The zero-order chi connectivity index (χ0) is 10.1. The molecule has 2 unspecified atom stereocenters. The molecule has 13 heavy (non-hydrogen) atoms. The van der Waals surface area contributed by atoms with E-state index >= 15 is 0 Å². The van der Waals surface area contributed by atoms with Crippen molar-refractivity contribution >= 4 is 19.9 Å². The first-order valence-electron chi connectivity index (χ1n) is 5.23. The average molecular weight is 221 g/mol. The summed E-state index contributed by atoms with van der Waals surface area (Å²) < 4.78 is 5.89. The lowest BCUT2D eigenvalue weighted by atomic mass is 10.1. The maximum atomic E-state index is 6.63. The van der Waals surface area contributed by atoms with Crippen molar-refractivity contribution in [2.45, 2.75) is 50.7 Å². The van der Waals surface area contributed by atoms with Crippen LogP contribution in [-0.2, 0) is 4.43 Å². The van der Waals surface area contributed by atoms with E-state index in [0.717, 1.165) is 6.61 Å². The molecule has 1 nitrogen and oxygen atoms in total. The number of alkyl halides is 1. The Kier molecular flexibility index (Phi) is 3.47. The van der Waals surface area contributed by atoms with Crippen molar-refractivity contribution in [3.63, 3.8) is 0 Å². The number of halogens is 1. The van der Waals surface area contributed by atoms with Crippen LogP contribution in [0.3, 0.4) is 0 Å². The quantitative estimate of drug-likeness (QED) is 0.511. The van der Waals surface area contributed by atoms with Crippen LogP contribution in [0.2, 0.25) is 12.6 Å². The highest BCUT2D eigenvalue weighted by Crippen LogP contribution is 2.40. The summed E-state index contributed by atoms with van der Waals surface area (Å²) in [5.74, 6) is 0.504. The highest BCUT2D eigenvalue weighted by atomic mass is 35.5. The lowest BCUT2D eigenvalue weighted by Gasteiger charge is -2.44. The fourth-order valence-corrected chi connectivity index (χ4v) is 6.03. The summed E-state index contributed by atoms with van der Waals surface area (Å²) in [6.45, 7) is 9.78. The molecular weight excluding hydrogens is 200 g/mol. The molecule has 1 saturated heterocycles. The van der Waals surface area contributed by atoms with E-state index in [1.165, 1.54) is 18.9 Å². The Hall–Kier alpha value is 0.467. The minimum absolute atomic E-state index is 0.104. The Morgan fingerprint density at radius 1 is 1.38 bits per heavy atom. The molecule has 1 aliphatic rings. The van der Waals surface area contributed by atoms with Crippen molar-refractivity contribution in [3.05, 3.63) is 0 Å². The first-order chi connectivity index (χ1) is 5.90. The van der Waals surface area contributed by atoms with Crippen LogP contribution < -0.4 is 0 Å². The molecule has 1 rings (SSSR count). The second-order valence-electron chi connectivity index (χ2n) is 4.77. The van der Waals surface area contributed by atoms with Gasteiger partial charge in [-0.3, -0.25) is 0 Å². The molecule has 0 spiro atoms. The lowest BCUT2D eigenvalue weighted by Crippen LogP contribution is -2.57. The molecular formula is C10H21ClOSi. The van der Waals surface area contributed by atoms with Gasteiger partial charge in [-0.25, -0.2) is 0 Å². The van der Waals surface area contributed by atoms with Crippen molar-refractivity contribution in [3.8, 4) is 0 Å². The van der Waals surface area contributed by atoms with Gasteiger partial charge >= 0.3 is 0 Å². The third-order valence-corrected chi connectivity index (χ3v) is 10.0. The second kappa shape index (κ2) is 3.91. The van der Waals surface area contributed by atoms with Gasteiger partial charge in [0, 0.05) is 6.61 Å². The molecule has 1 fully saturated rings. The molecule has 78 valence electrons. The summed E-state index contributed by atoms with van der Waals surface area (Å²) in [7, 11) is -1.66. The highest BCUT2D eigenvalue weighted by Gasteiger charge is 2.49. The minimum Gasteiger partial charge on any atom is -0.415 e. The molecule has 0 saturated carbocycles. The third-order valence-electron chi connectivity index (χ3n) is 3.59. The molecule has 0 aromatic rings. The minimum atomic E-state index is -1.66. The smallest absolute Gasteiger partial charge is 0.210 e.